The quantitative estimate of drug-likeness (QED) is 0.641. The molecule has 0 bridgehead atoms. The average molecular weight is 360 g/mol. The predicted molar refractivity (Wildman–Crippen MR) is 84.9 cm³/mol. The summed E-state index contributed by atoms with van der Waals surface area (Å²) in [5.41, 5.74) is 1.15. The molecule has 0 spiro atoms. The molecule has 0 aromatic heterocycles. The van der Waals surface area contributed by atoms with Crippen LogP contribution in [0.2, 0.25) is 0 Å². The van der Waals surface area contributed by atoms with Crippen LogP contribution in [0.15, 0.2) is 24.3 Å². The maximum Gasteiger partial charge on any atom is 0.413 e. The minimum atomic E-state index is -0.634. The number of hydrogen-bond acceptors (Lipinski definition) is 4. The van der Waals surface area contributed by atoms with Gasteiger partial charge >= 0.3 is 6.09 Å². The van der Waals surface area contributed by atoms with Gasteiger partial charge in [-0.15, -0.1) is 0 Å². The zero-order valence-electron chi connectivity index (χ0n) is 11.0. The van der Waals surface area contributed by atoms with E-state index in [-0.39, 0.29) is 17.6 Å². The van der Waals surface area contributed by atoms with Crippen molar-refractivity contribution in [1.29, 1.82) is 0 Å². The SMILES string of the molecule is CCOC(=O)NC(=S)Nc1ccccc1N(Br)C(C)=O. The van der Waals surface area contributed by atoms with Crippen LogP contribution >= 0.6 is 28.4 Å². The van der Waals surface area contributed by atoms with Gasteiger partial charge in [-0.2, -0.15) is 0 Å². The first-order valence-corrected chi connectivity index (χ1v) is 6.87. The molecule has 0 aliphatic rings. The Kier molecular flexibility index (Phi) is 6.40. The Morgan fingerprint density at radius 3 is 2.65 bits per heavy atom. The maximum absolute atomic E-state index is 11.4. The van der Waals surface area contributed by atoms with Crippen LogP contribution in [0.1, 0.15) is 13.8 Å². The molecule has 0 aliphatic carbocycles. The molecule has 1 aromatic rings. The largest absolute Gasteiger partial charge is 0.450 e. The highest BCUT2D eigenvalue weighted by Gasteiger charge is 2.13. The number of para-hydroxylation sites is 2. The lowest BCUT2D eigenvalue weighted by Crippen LogP contribution is -2.35. The number of anilines is 2. The first-order chi connectivity index (χ1) is 9.45. The highest BCUT2D eigenvalue weighted by Crippen LogP contribution is 2.27. The highest BCUT2D eigenvalue weighted by molar-refractivity contribution is 9.10. The molecule has 8 heteroatoms. The molecule has 0 saturated heterocycles. The van der Waals surface area contributed by atoms with Crippen molar-refractivity contribution in [3.05, 3.63) is 24.3 Å². The molecule has 108 valence electrons. The smallest absolute Gasteiger partial charge is 0.413 e. The van der Waals surface area contributed by atoms with Crippen LogP contribution in [0.4, 0.5) is 16.2 Å². The number of benzene rings is 1. The monoisotopic (exact) mass is 359 g/mol. The lowest BCUT2D eigenvalue weighted by Gasteiger charge is -2.18. The van der Waals surface area contributed by atoms with Gasteiger partial charge in [0.15, 0.2) is 5.11 Å². The predicted octanol–water partition coefficient (Wildman–Crippen LogP) is 2.79. The number of hydrogen-bond donors (Lipinski definition) is 2. The number of rotatable bonds is 3. The van der Waals surface area contributed by atoms with E-state index in [9.17, 15) is 9.59 Å². The summed E-state index contributed by atoms with van der Waals surface area (Å²) in [5, 5.41) is 5.28. The molecule has 2 amide bonds. The Balaban J connectivity index is 2.80. The Hall–Kier alpha value is -1.67. The van der Waals surface area contributed by atoms with Gasteiger partial charge in [0, 0.05) is 6.92 Å². The summed E-state index contributed by atoms with van der Waals surface area (Å²) in [5.74, 6) is -0.191. The molecule has 0 radical (unpaired) electrons. The van der Waals surface area contributed by atoms with Gasteiger partial charge < -0.3 is 10.1 Å². The van der Waals surface area contributed by atoms with E-state index in [0.717, 1.165) is 0 Å². The van der Waals surface area contributed by atoms with Crippen molar-refractivity contribution < 1.29 is 14.3 Å². The van der Waals surface area contributed by atoms with E-state index in [1.54, 1.807) is 31.2 Å². The average Bonchev–Trinajstić information content (AvgIpc) is 2.38. The molecule has 2 N–H and O–H groups in total. The summed E-state index contributed by atoms with van der Waals surface area (Å²) in [6.07, 6.45) is -0.634. The molecule has 0 unspecified atom stereocenters. The van der Waals surface area contributed by atoms with Gasteiger partial charge in [0.05, 0.1) is 34.1 Å². The van der Waals surface area contributed by atoms with E-state index in [2.05, 4.69) is 26.8 Å². The second-order valence-corrected chi connectivity index (χ2v) is 4.73. The van der Waals surface area contributed by atoms with Crippen molar-refractivity contribution in [3.8, 4) is 0 Å². The standard InChI is InChI=1S/C12H14BrN3O3S/c1-3-19-12(18)15-11(20)14-9-6-4-5-7-10(9)16(13)8(2)17/h4-7H,3H2,1-2H3,(H2,14,15,18,20). The summed E-state index contributed by atoms with van der Waals surface area (Å²) < 4.78 is 6.01. The first kappa shape index (κ1) is 16.4. The molecule has 1 aromatic carbocycles. The van der Waals surface area contributed by atoms with Crippen LogP contribution in [-0.2, 0) is 9.53 Å². The molecule has 0 saturated carbocycles. The number of amides is 2. The fraction of sp³-hybridized carbons (Fsp3) is 0.250. The Morgan fingerprint density at radius 1 is 1.40 bits per heavy atom. The minimum absolute atomic E-state index is 0.0837. The van der Waals surface area contributed by atoms with Gasteiger partial charge in [-0.05, 0) is 31.3 Å². The van der Waals surface area contributed by atoms with Crippen molar-refractivity contribution in [1.82, 2.24) is 5.32 Å². The van der Waals surface area contributed by atoms with E-state index < -0.39 is 6.09 Å². The number of nitrogens with zero attached hydrogens (tertiary/aromatic N) is 1. The fourth-order valence-corrected chi connectivity index (χ4v) is 1.84. The zero-order chi connectivity index (χ0) is 15.1. The number of halogens is 1. The van der Waals surface area contributed by atoms with E-state index in [4.69, 9.17) is 17.0 Å². The Morgan fingerprint density at radius 2 is 2.05 bits per heavy atom. The number of nitrogens with one attached hydrogen (secondary N) is 2. The number of carbonyl (C=O) groups is 2. The third-order valence-electron chi connectivity index (χ3n) is 2.13. The molecule has 20 heavy (non-hydrogen) atoms. The van der Waals surface area contributed by atoms with Crippen LogP contribution in [0.3, 0.4) is 0 Å². The third kappa shape index (κ3) is 4.78. The van der Waals surface area contributed by atoms with Crippen molar-refractivity contribution in [2.75, 3.05) is 15.8 Å². The number of thiocarbonyl (C=S) groups is 1. The van der Waals surface area contributed by atoms with Gasteiger partial charge in [0.1, 0.15) is 0 Å². The maximum atomic E-state index is 11.4. The molecular weight excluding hydrogens is 346 g/mol. The summed E-state index contributed by atoms with van der Waals surface area (Å²) in [4.78, 5) is 22.6. The summed E-state index contributed by atoms with van der Waals surface area (Å²) in [7, 11) is 0. The van der Waals surface area contributed by atoms with Gasteiger partial charge in [0.25, 0.3) is 0 Å². The van der Waals surface area contributed by atoms with Crippen molar-refractivity contribution >= 4 is 56.9 Å². The summed E-state index contributed by atoms with van der Waals surface area (Å²) in [6, 6.07) is 7.01. The summed E-state index contributed by atoms with van der Waals surface area (Å²) in [6.45, 7) is 3.37. The summed E-state index contributed by atoms with van der Waals surface area (Å²) >= 11 is 8.15. The molecule has 0 aliphatic heterocycles. The molecule has 1 rings (SSSR count). The molecule has 0 atom stereocenters. The van der Waals surface area contributed by atoms with Crippen LogP contribution in [-0.4, -0.2) is 23.7 Å². The van der Waals surface area contributed by atoms with Crippen molar-refractivity contribution in [2.45, 2.75) is 13.8 Å². The fourth-order valence-electron chi connectivity index (χ4n) is 1.33. The minimum Gasteiger partial charge on any atom is -0.450 e. The van der Waals surface area contributed by atoms with Crippen molar-refractivity contribution in [2.24, 2.45) is 0 Å². The van der Waals surface area contributed by atoms with E-state index >= 15 is 0 Å². The number of ether oxygens (including phenoxy) is 1. The van der Waals surface area contributed by atoms with Crippen LogP contribution in [0.25, 0.3) is 0 Å². The number of alkyl carbamates (subject to hydrolysis) is 1. The van der Waals surface area contributed by atoms with Crippen LogP contribution in [0, 0.1) is 0 Å². The van der Waals surface area contributed by atoms with E-state index in [1.807, 2.05) is 0 Å². The second kappa shape index (κ2) is 7.81. The van der Waals surface area contributed by atoms with Crippen LogP contribution < -0.4 is 14.6 Å². The number of carbonyl (C=O) groups excluding carboxylic acids is 2. The lowest BCUT2D eigenvalue weighted by atomic mass is 10.2. The topological polar surface area (TPSA) is 70.7 Å². The highest BCUT2D eigenvalue weighted by atomic mass is 79.9. The van der Waals surface area contributed by atoms with Gasteiger partial charge in [-0.1, -0.05) is 12.1 Å². The molecule has 6 nitrogen and oxygen atoms in total. The third-order valence-corrected chi connectivity index (χ3v) is 3.22. The lowest BCUT2D eigenvalue weighted by molar-refractivity contribution is -0.115. The molecule has 0 heterocycles. The second-order valence-electron chi connectivity index (χ2n) is 3.62. The van der Waals surface area contributed by atoms with E-state index in [0.29, 0.717) is 11.4 Å². The first-order valence-electron chi connectivity index (χ1n) is 5.76. The van der Waals surface area contributed by atoms with Crippen molar-refractivity contribution in [3.63, 3.8) is 0 Å². The van der Waals surface area contributed by atoms with Crippen LogP contribution in [0.5, 0.6) is 0 Å². The van der Waals surface area contributed by atoms with Gasteiger partial charge in [-0.3, -0.25) is 10.1 Å². The Bertz CT molecular complexity index is 524. The van der Waals surface area contributed by atoms with Gasteiger partial charge in [-0.25, -0.2) is 8.72 Å². The van der Waals surface area contributed by atoms with Gasteiger partial charge in [0.2, 0.25) is 5.91 Å². The van der Waals surface area contributed by atoms with E-state index in [1.165, 1.54) is 10.8 Å². The zero-order valence-corrected chi connectivity index (χ0v) is 13.4. The molecule has 0 fully saturated rings. The normalized spacial score (nSPS) is 9.55. The molecular formula is C12H14BrN3O3S. The Labute approximate surface area is 130 Å².